The van der Waals surface area contributed by atoms with Gasteiger partial charge in [-0.25, -0.2) is 0 Å². The molecule has 11 nitrogen and oxygen atoms in total. The molecular formula is C64H121NO10. The van der Waals surface area contributed by atoms with Crippen molar-refractivity contribution in [2.45, 2.75) is 359 Å². The second-order valence-electron chi connectivity index (χ2n) is 22.5. The number of hydrogen-bond donors (Lipinski definition) is 6. The van der Waals surface area contributed by atoms with E-state index in [1.54, 1.807) is 6.08 Å². The number of carbonyl (C=O) groups excluding carboxylic acids is 2. The molecule has 0 aromatic carbocycles. The van der Waals surface area contributed by atoms with Gasteiger partial charge in [0.25, 0.3) is 0 Å². The lowest BCUT2D eigenvalue weighted by atomic mass is 9.99. The maximum atomic E-state index is 13.4. The van der Waals surface area contributed by atoms with Gasteiger partial charge in [-0.1, -0.05) is 276 Å². The van der Waals surface area contributed by atoms with Gasteiger partial charge < -0.3 is 45.1 Å². The Bertz CT molecular complexity index is 1310. The first-order valence-corrected chi connectivity index (χ1v) is 32.1. The van der Waals surface area contributed by atoms with E-state index in [4.69, 9.17) is 14.2 Å². The summed E-state index contributed by atoms with van der Waals surface area (Å²) in [5, 5.41) is 56.9. The molecule has 0 aromatic rings. The van der Waals surface area contributed by atoms with Gasteiger partial charge in [0.05, 0.1) is 25.4 Å². The molecule has 1 rings (SSSR count). The highest BCUT2D eigenvalue weighted by Gasteiger charge is 2.47. The van der Waals surface area contributed by atoms with Crippen molar-refractivity contribution in [1.29, 1.82) is 0 Å². The number of carbonyl (C=O) groups is 2. The van der Waals surface area contributed by atoms with E-state index in [0.29, 0.717) is 12.8 Å². The first-order valence-electron chi connectivity index (χ1n) is 32.1. The van der Waals surface area contributed by atoms with Gasteiger partial charge in [-0.15, -0.1) is 0 Å². The molecule has 8 atom stereocenters. The summed E-state index contributed by atoms with van der Waals surface area (Å²) in [6, 6.07) is -1.03. The molecule has 0 bridgehead atoms. The third-order valence-electron chi connectivity index (χ3n) is 15.4. The largest absolute Gasteiger partial charge is 0.454 e. The molecule has 1 saturated heterocycles. The van der Waals surface area contributed by atoms with Crippen molar-refractivity contribution in [2.24, 2.45) is 0 Å². The number of allylic oxidation sites excluding steroid dienone is 3. The summed E-state index contributed by atoms with van der Waals surface area (Å²) in [6.45, 7) is 5.79. The summed E-state index contributed by atoms with van der Waals surface area (Å²) >= 11 is 0. The van der Waals surface area contributed by atoms with Gasteiger partial charge in [-0.05, 0) is 51.4 Å². The van der Waals surface area contributed by atoms with E-state index in [1.165, 1.54) is 205 Å². The molecule has 442 valence electrons. The maximum Gasteiger partial charge on any atom is 0.306 e. The van der Waals surface area contributed by atoms with Crippen molar-refractivity contribution in [3.63, 3.8) is 0 Å². The zero-order valence-corrected chi connectivity index (χ0v) is 48.9. The highest BCUT2D eigenvalue weighted by molar-refractivity contribution is 5.80. The molecule has 1 aliphatic heterocycles. The summed E-state index contributed by atoms with van der Waals surface area (Å²) in [5.41, 5.74) is 0. The number of rotatable bonds is 55. The molecule has 11 heteroatoms. The van der Waals surface area contributed by atoms with Gasteiger partial charge in [-0.2, -0.15) is 0 Å². The highest BCUT2D eigenvalue weighted by Crippen LogP contribution is 2.26. The molecule has 0 aromatic heterocycles. The molecule has 75 heavy (non-hydrogen) atoms. The first-order chi connectivity index (χ1) is 36.7. The number of amides is 1. The normalized spacial score (nSPS) is 19.3. The van der Waals surface area contributed by atoms with Crippen LogP contribution in [-0.4, -0.2) is 99.6 Å². The molecule has 8 unspecified atom stereocenters. The smallest absolute Gasteiger partial charge is 0.306 e. The van der Waals surface area contributed by atoms with Crippen LogP contribution in [0.4, 0.5) is 0 Å². The van der Waals surface area contributed by atoms with Crippen molar-refractivity contribution < 1.29 is 49.3 Å². The number of ether oxygens (including phenoxy) is 3. The molecule has 0 spiro atoms. The number of aliphatic hydroxyl groups excluding tert-OH is 5. The van der Waals surface area contributed by atoms with E-state index in [9.17, 15) is 35.1 Å². The minimum atomic E-state index is -1.61. The summed E-state index contributed by atoms with van der Waals surface area (Å²) < 4.78 is 17.6. The van der Waals surface area contributed by atoms with Crippen LogP contribution in [0.3, 0.4) is 0 Å². The quantitative estimate of drug-likeness (QED) is 0.0195. The Morgan fingerprint density at radius 2 is 0.880 bits per heavy atom. The van der Waals surface area contributed by atoms with Crippen molar-refractivity contribution >= 4 is 11.9 Å². The highest BCUT2D eigenvalue weighted by atomic mass is 16.7. The summed E-state index contributed by atoms with van der Waals surface area (Å²) in [7, 11) is 0. The van der Waals surface area contributed by atoms with E-state index in [0.717, 1.165) is 57.8 Å². The summed E-state index contributed by atoms with van der Waals surface area (Å²) in [6.07, 6.45) is 51.0. The molecule has 1 amide bonds. The molecule has 6 N–H and O–H groups in total. The maximum absolute atomic E-state index is 13.4. The van der Waals surface area contributed by atoms with Crippen LogP contribution >= 0.6 is 0 Å². The standard InChI is InChI=1S/C64H121NO10/c1-4-7-10-13-16-19-22-24-25-26-27-28-29-30-31-32-33-34-37-40-43-46-49-52-59(69)75-62-61(71)60(70)58(53-66)74-64(62)73-54-55(56(67)50-47-44-41-38-35-21-18-15-12-9-6-3)65-63(72)57(68)51-48-45-42-39-36-23-20-17-14-11-8-5-2/h36,39,47,50,55-58,60-62,64,66-68,70-71H,4-35,37-38,40-46,48-49,51-54H2,1-3H3,(H,65,72)/b39-36-,50-47+. The van der Waals surface area contributed by atoms with Gasteiger partial charge in [0, 0.05) is 6.42 Å². The Morgan fingerprint density at radius 3 is 1.29 bits per heavy atom. The second-order valence-corrected chi connectivity index (χ2v) is 22.5. The van der Waals surface area contributed by atoms with Crippen LogP contribution < -0.4 is 5.32 Å². The fraction of sp³-hybridized carbons (Fsp3) is 0.906. The minimum Gasteiger partial charge on any atom is -0.454 e. The zero-order chi connectivity index (χ0) is 54.7. The fourth-order valence-electron chi connectivity index (χ4n) is 10.2. The van der Waals surface area contributed by atoms with Crippen molar-refractivity contribution in [2.75, 3.05) is 13.2 Å². The van der Waals surface area contributed by atoms with Crippen LogP contribution in [0.25, 0.3) is 0 Å². The van der Waals surface area contributed by atoms with Crippen molar-refractivity contribution in [3.8, 4) is 0 Å². The van der Waals surface area contributed by atoms with Crippen molar-refractivity contribution in [3.05, 3.63) is 24.3 Å². The van der Waals surface area contributed by atoms with Gasteiger partial charge in [0.15, 0.2) is 12.4 Å². The minimum absolute atomic E-state index is 0.128. The van der Waals surface area contributed by atoms with Gasteiger partial charge in [0.2, 0.25) is 5.91 Å². The van der Waals surface area contributed by atoms with Crippen LogP contribution in [0.2, 0.25) is 0 Å². The molecule has 0 aliphatic carbocycles. The summed E-state index contributed by atoms with van der Waals surface area (Å²) in [5.74, 6) is -1.20. The number of unbranched alkanes of at least 4 members (excludes halogenated alkanes) is 39. The molecule has 1 heterocycles. The van der Waals surface area contributed by atoms with Crippen LogP contribution in [0.15, 0.2) is 24.3 Å². The van der Waals surface area contributed by atoms with Crippen molar-refractivity contribution in [1.82, 2.24) is 5.32 Å². The predicted molar refractivity (Wildman–Crippen MR) is 311 cm³/mol. The number of esters is 1. The molecule has 0 saturated carbocycles. The third-order valence-corrected chi connectivity index (χ3v) is 15.4. The number of aliphatic hydroxyl groups is 5. The van der Waals surface area contributed by atoms with E-state index < -0.39 is 67.4 Å². The Labute approximate surface area is 461 Å². The average Bonchev–Trinajstić information content (AvgIpc) is 3.41. The van der Waals surface area contributed by atoms with Crippen LogP contribution in [0.1, 0.15) is 310 Å². The lowest BCUT2D eigenvalue weighted by molar-refractivity contribution is -0.305. The molecule has 0 radical (unpaired) electrons. The predicted octanol–water partition coefficient (Wildman–Crippen LogP) is 15.3. The summed E-state index contributed by atoms with van der Waals surface area (Å²) in [4.78, 5) is 26.5. The van der Waals surface area contributed by atoms with Crippen LogP contribution in [0, 0.1) is 0 Å². The van der Waals surface area contributed by atoms with E-state index in [1.807, 2.05) is 6.08 Å². The van der Waals surface area contributed by atoms with E-state index >= 15 is 0 Å². The molecule has 1 aliphatic rings. The monoisotopic (exact) mass is 1060 g/mol. The Morgan fingerprint density at radius 1 is 0.507 bits per heavy atom. The lowest BCUT2D eigenvalue weighted by Crippen LogP contribution is -2.61. The van der Waals surface area contributed by atoms with Gasteiger partial charge in [0.1, 0.15) is 24.4 Å². The average molecular weight is 1060 g/mol. The Kier molecular flexibility index (Phi) is 50.1. The zero-order valence-electron chi connectivity index (χ0n) is 48.9. The van der Waals surface area contributed by atoms with E-state index in [-0.39, 0.29) is 19.4 Å². The first kappa shape index (κ1) is 71.2. The second kappa shape index (κ2) is 52.8. The molecule has 1 fully saturated rings. The van der Waals surface area contributed by atoms with E-state index in [2.05, 4.69) is 38.2 Å². The van der Waals surface area contributed by atoms with Gasteiger partial charge >= 0.3 is 5.97 Å². The number of nitrogens with one attached hydrogen (secondary N) is 1. The lowest BCUT2D eigenvalue weighted by Gasteiger charge is -2.41. The van der Waals surface area contributed by atoms with Crippen LogP contribution in [0.5, 0.6) is 0 Å². The van der Waals surface area contributed by atoms with Gasteiger partial charge in [-0.3, -0.25) is 9.59 Å². The Hall–Kier alpha value is -1.86. The SMILES string of the molecule is CCCCCCCC/C=C\CCCCC(O)C(=O)NC(COC1OC(CO)C(O)C(O)C1OC(=O)CCCCCCCCCCCCCCCCCCCCCCCCC)C(O)/C=C/CCCCCCCCCCC. The third kappa shape index (κ3) is 40.9. The van der Waals surface area contributed by atoms with Crippen LogP contribution in [-0.2, 0) is 23.8 Å². The fourth-order valence-corrected chi connectivity index (χ4v) is 10.2. The number of hydrogen-bond acceptors (Lipinski definition) is 10. The topological polar surface area (TPSA) is 175 Å². The Balaban J connectivity index is 2.58. The molecular weight excluding hydrogens is 943 g/mol.